The van der Waals surface area contributed by atoms with E-state index in [1.165, 1.54) is 0 Å². The molecule has 2 fully saturated rings. The highest BCUT2D eigenvalue weighted by atomic mass is 32.2. The molecule has 5 nitrogen and oxygen atoms in total. The molecule has 1 aromatic rings. The van der Waals surface area contributed by atoms with Gasteiger partial charge in [-0.3, -0.25) is 0 Å². The minimum Gasteiger partial charge on any atom is -0.384 e. The summed E-state index contributed by atoms with van der Waals surface area (Å²) in [5, 5.41) is 3.24. The maximum Gasteiger partial charge on any atom is 0.240 e. The molecule has 6 heteroatoms. The topological polar surface area (TPSA) is 67.4 Å². The standard InChI is InChI=1S/C14H18N2O3S/c17-20(18,16-13-8-10-1-4-14(13)19-10)11-2-3-12-9(7-11)5-6-15-12/h2-3,7,10,13-16H,1,4-6,8H2. The lowest BCUT2D eigenvalue weighted by molar-refractivity contribution is 0.0996. The van der Waals surface area contributed by atoms with Crippen molar-refractivity contribution in [2.24, 2.45) is 0 Å². The minimum atomic E-state index is -3.45. The second-order valence-electron chi connectivity index (χ2n) is 5.83. The second kappa shape index (κ2) is 4.44. The van der Waals surface area contributed by atoms with Gasteiger partial charge >= 0.3 is 0 Å². The van der Waals surface area contributed by atoms with Crippen LogP contribution in [0.4, 0.5) is 5.69 Å². The van der Waals surface area contributed by atoms with Crippen molar-refractivity contribution in [1.82, 2.24) is 4.72 Å². The van der Waals surface area contributed by atoms with Crippen LogP contribution in [0, 0.1) is 0 Å². The van der Waals surface area contributed by atoms with E-state index in [4.69, 9.17) is 4.74 Å². The molecule has 2 bridgehead atoms. The van der Waals surface area contributed by atoms with E-state index in [1.807, 2.05) is 6.07 Å². The van der Waals surface area contributed by atoms with E-state index in [0.29, 0.717) is 4.90 Å². The van der Waals surface area contributed by atoms with E-state index in [0.717, 1.165) is 43.5 Å². The zero-order valence-corrected chi connectivity index (χ0v) is 11.9. The van der Waals surface area contributed by atoms with E-state index in [-0.39, 0.29) is 18.2 Å². The molecule has 2 saturated heterocycles. The zero-order chi connectivity index (χ0) is 13.7. The molecule has 3 atom stereocenters. The number of nitrogens with one attached hydrogen (secondary N) is 2. The highest BCUT2D eigenvalue weighted by molar-refractivity contribution is 7.89. The Morgan fingerprint density at radius 1 is 1.30 bits per heavy atom. The van der Waals surface area contributed by atoms with Gasteiger partial charge in [-0.05, 0) is 49.4 Å². The smallest absolute Gasteiger partial charge is 0.240 e. The van der Waals surface area contributed by atoms with Crippen LogP contribution in [0.5, 0.6) is 0 Å². The van der Waals surface area contributed by atoms with Crippen molar-refractivity contribution in [3.8, 4) is 0 Å². The number of hydrogen-bond donors (Lipinski definition) is 2. The van der Waals surface area contributed by atoms with Crippen LogP contribution in [0.1, 0.15) is 24.8 Å². The van der Waals surface area contributed by atoms with Crippen LogP contribution >= 0.6 is 0 Å². The van der Waals surface area contributed by atoms with Crippen molar-refractivity contribution in [3.05, 3.63) is 23.8 Å². The monoisotopic (exact) mass is 294 g/mol. The number of ether oxygens (including phenoxy) is 1. The van der Waals surface area contributed by atoms with Gasteiger partial charge in [0.1, 0.15) is 0 Å². The third-order valence-electron chi connectivity index (χ3n) is 4.51. The molecule has 0 spiro atoms. The fourth-order valence-corrected chi connectivity index (χ4v) is 4.80. The molecule has 4 rings (SSSR count). The van der Waals surface area contributed by atoms with Gasteiger partial charge < -0.3 is 10.1 Å². The van der Waals surface area contributed by atoms with E-state index in [1.54, 1.807) is 12.1 Å². The van der Waals surface area contributed by atoms with Crippen molar-refractivity contribution < 1.29 is 13.2 Å². The molecule has 0 aliphatic carbocycles. The number of benzene rings is 1. The number of sulfonamides is 1. The van der Waals surface area contributed by atoms with Crippen LogP contribution < -0.4 is 10.0 Å². The highest BCUT2D eigenvalue weighted by Gasteiger charge is 2.42. The van der Waals surface area contributed by atoms with Crippen molar-refractivity contribution >= 4 is 15.7 Å². The van der Waals surface area contributed by atoms with Gasteiger partial charge in [-0.15, -0.1) is 0 Å². The second-order valence-corrected chi connectivity index (χ2v) is 7.55. The summed E-state index contributed by atoms with van der Waals surface area (Å²) in [5.41, 5.74) is 2.13. The molecule has 108 valence electrons. The summed E-state index contributed by atoms with van der Waals surface area (Å²) in [4.78, 5) is 0.364. The summed E-state index contributed by atoms with van der Waals surface area (Å²) in [7, 11) is -3.45. The molecular weight excluding hydrogens is 276 g/mol. The first-order valence-corrected chi connectivity index (χ1v) is 8.65. The summed E-state index contributed by atoms with van der Waals surface area (Å²) in [5.74, 6) is 0. The van der Waals surface area contributed by atoms with Crippen LogP contribution in [0.3, 0.4) is 0 Å². The molecule has 3 heterocycles. The molecule has 0 amide bonds. The molecule has 1 aromatic carbocycles. The van der Waals surface area contributed by atoms with Crippen LogP contribution in [0.25, 0.3) is 0 Å². The third kappa shape index (κ3) is 2.03. The predicted octanol–water partition coefficient (Wildman–Crippen LogP) is 1.25. The zero-order valence-electron chi connectivity index (χ0n) is 11.1. The average Bonchev–Trinajstić information content (AvgIpc) is 3.13. The number of hydrogen-bond acceptors (Lipinski definition) is 4. The van der Waals surface area contributed by atoms with E-state index in [9.17, 15) is 8.42 Å². The number of rotatable bonds is 3. The molecule has 3 aliphatic heterocycles. The Morgan fingerprint density at radius 2 is 2.20 bits per heavy atom. The van der Waals surface area contributed by atoms with Gasteiger partial charge in [-0.25, -0.2) is 13.1 Å². The van der Waals surface area contributed by atoms with Crippen molar-refractivity contribution in [2.75, 3.05) is 11.9 Å². The van der Waals surface area contributed by atoms with Crippen LogP contribution in [-0.4, -0.2) is 33.2 Å². The van der Waals surface area contributed by atoms with E-state index in [2.05, 4.69) is 10.0 Å². The Morgan fingerprint density at radius 3 is 2.95 bits per heavy atom. The summed E-state index contributed by atoms with van der Waals surface area (Å²) < 4.78 is 33.5. The first kappa shape index (κ1) is 12.6. The Kier molecular flexibility index (Phi) is 2.80. The highest BCUT2D eigenvalue weighted by Crippen LogP contribution is 2.35. The van der Waals surface area contributed by atoms with Gasteiger partial charge in [-0.2, -0.15) is 0 Å². The minimum absolute atomic E-state index is 0.0610. The predicted molar refractivity (Wildman–Crippen MR) is 75.3 cm³/mol. The molecule has 3 aliphatic rings. The van der Waals surface area contributed by atoms with Gasteiger partial charge in [0.15, 0.2) is 0 Å². The van der Waals surface area contributed by atoms with Gasteiger partial charge in [0.05, 0.1) is 23.1 Å². The van der Waals surface area contributed by atoms with Crippen molar-refractivity contribution in [3.63, 3.8) is 0 Å². The van der Waals surface area contributed by atoms with Gasteiger partial charge in [0.25, 0.3) is 0 Å². The summed E-state index contributed by atoms with van der Waals surface area (Å²) in [6.07, 6.45) is 4.02. The van der Waals surface area contributed by atoms with Crippen molar-refractivity contribution in [2.45, 2.75) is 48.8 Å². The van der Waals surface area contributed by atoms with Gasteiger partial charge in [-0.1, -0.05) is 0 Å². The maximum absolute atomic E-state index is 12.5. The lowest BCUT2D eigenvalue weighted by Gasteiger charge is -2.20. The lowest BCUT2D eigenvalue weighted by atomic mass is 9.96. The largest absolute Gasteiger partial charge is 0.384 e. The average molecular weight is 294 g/mol. The molecular formula is C14H18N2O3S. The van der Waals surface area contributed by atoms with Crippen LogP contribution in [-0.2, 0) is 21.2 Å². The molecule has 3 unspecified atom stereocenters. The fourth-order valence-electron chi connectivity index (χ4n) is 3.48. The Balaban J connectivity index is 1.57. The Bertz CT molecular complexity index is 644. The van der Waals surface area contributed by atoms with Gasteiger partial charge in [0, 0.05) is 12.2 Å². The first-order valence-electron chi connectivity index (χ1n) is 7.16. The maximum atomic E-state index is 12.5. The third-order valence-corrected chi connectivity index (χ3v) is 6.00. The number of anilines is 1. The Labute approximate surface area is 118 Å². The quantitative estimate of drug-likeness (QED) is 0.880. The van der Waals surface area contributed by atoms with Crippen LogP contribution in [0.15, 0.2) is 23.1 Å². The normalized spacial score (nSPS) is 31.3. The lowest BCUT2D eigenvalue weighted by Crippen LogP contribution is -2.41. The first-order chi connectivity index (χ1) is 9.62. The molecule has 0 radical (unpaired) electrons. The number of fused-ring (bicyclic) bond motifs is 3. The summed E-state index contributed by atoms with van der Waals surface area (Å²) in [6, 6.07) is 5.25. The van der Waals surface area contributed by atoms with Crippen molar-refractivity contribution in [1.29, 1.82) is 0 Å². The van der Waals surface area contributed by atoms with Crippen LogP contribution in [0.2, 0.25) is 0 Å². The molecule has 2 N–H and O–H groups in total. The molecule has 0 aromatic heterocycles. The summed E-state index contributed by atoms with van der Waals surface area (Å²) in [6.45, 7) is 0.881. The van der Waals surface area contributed by atoms with Gasteiger partial charge in [0.2, 0.25) is 10.0 Å². The van der Waals surface area contributed by atoms with E-state index < -0.39 is 10.0 Å². The summed E-state index contributed by atoms with van der Waals surface area (Å²) >= 11 is 0. The Hall–Kier alpha value is -1.11. The SMILES string of the molecule is O=S(=O)(NC1CC2CCC1O2)c1ccc2c(c1)CCN2. The molecule has 20 heavy (non-hydrogen) atoms. The van der Waals surface area contributed by atoms with E-state index >= 15 is 0 Å². The fraction of sp³-hybridized carbons (Fsp3) is 0.571. The molecule has 0 saturated carbocycles.